The van der Waals surface area contributed by atoms with Crippen LogP contribution in [0.25, 0.3) is 10.9 Å². The summed E-state index contributed by atoms with van der Waals surface area (Å²) in [5.74, 6) is 0.449. The molecule has 1 saturated carbocycles. The van der Waals surface area contributed by atoms with E-state index in [1.54, 1.807) is 12.4 Å². The predicted octanol–water partition coefficient (Wildman–Crippen LogP) is 3.63. The Hall–Kier alpha value is -2.38. The minimum atomic E-state index is -3.05. The molecule has 8 heteroatoms. The van der Waals surface area contributed by atoms with Gasteiger partial charge in [0.05, 0.1) is 35.3 Å². The maximum absolute atomic E-state index is 13.3. The van der Waals surface area contributed by atoms with E-state index >= 15 is 0 Å². The van der Waals surface area contributed by atoms with E-state index in [2.05, 4.69) is 9.55 Å². The zero-order chi connectivity index (χ0) is 20.7. The van der Waals surface area contributed by atoms with Crippen molar-refractivity contribution in [3.05, 3.63) is 59.0 Å². The maximum Gasteiger partial charge on any atom is 0.238 e. The molecule has 0 bridgehead atoms. The third-order valence-corrected chi connectivity index (χ3v) is 8.77. The largest absolute Gasteiger partial charge is 0.339 e. The summed E-state index contributed by atoms with van der Waals surface area (Å²) in [4.78, 5) is 19.4. The number of halogens is 1. The fourth-order valence-electron chi connectivity index (χ4n) is 5.21. The minimum absolute atomic E-state index is 0.124. The van der Waals surface area contributed by atoms with E-state index in [4.69, 9.17) is 11.6 Å². The van der Waals surface area contributed by atoms with Crippen LogP contribution in [0.1, 0.15) is 36.6 Å². The number of fused-ring (bicyclic) bond motifs is 3. The third-order valence-electron chi connectivity index (χ3n) is 6.79. The van der Waals surface area contributed by atoms with Gasteiger partial charge in [-0.25, -0.2) is 8.42 Å². The van der Waals surface area contributed by atoms with Gasteiger partial charge in [-0.1, -0.05) is 11.6 Å². The molecule has 0 radical (unpaired) electrons. The van der Waals surface area contributed by atoms with Gasteiger partial charge in [0, 0.05) is 33.9 Å². The number of hydrogen-bond donors (Lipinski definition) is 0. The highest BCUT2D eigenvalue weighted by Gasteiger charge is 2.59. The van der Waals surface area contributed by atoms with Crippen molar-refractivity contribution in [3.63, 3.8) is 0 Å². The Morgan fingerprint density at radius 2 is 2.03 bits per heavy atom. The number of benzene rings is 1. The summed E-state index contributed by atoms with van der Waals surface area (Å²) in [6, 6.07) is 9.52. The van der Waals surface area contributed by atoms with E-state index in [0.717, 1.165) is 40.7 Å². The van der Waals surface area contributed by atoms with Crippen LogP contribution in [0.4, 0.5) is 5.69 Å². The van der Waals surface area contributed by atoms with Crippen LogP contribution in [0.15, 0.2) is 42.7 Å². The lowest BCUT2D eigenvalue weighted by molar-refractivity contribution is -0.120. The highest BCUT2D eigenvalue weighted by molar-refractivity contribution is 7.91. The van der Waals surface area contributed by atoms with Crippen molar-refractivity contribution in [1.82, 2.24) is 9.55 Å². The summed E-state index contributed by atoms with van der Waals surface area (Å²) in [6.07, 6.45) is 5.84. The van der Waals surface area contributed by atoms with Gasteiger partial charge in [-0.05, 0) is 55.2 Å². The first-order chi connectivity index (χ1) is 14.4. The van der Waals surface area contributed by atoms with Gasteiger partial charge in [-0.2, -0.15) is 0 Å². The molecule has 1 atom stereocenters. The molecule has 1 aromatic carbocycles. The van der Waals surface area contributed by atoms with Crippen molar-refractivity contribution in [1.29, 1.82) is 0 Å². The number of aromatic nitrogens is 2. The Bertz CT molecular complexity index is 1330. The van der Waals surface area contributed by atoms with Crippen molar-refractivity contribution < 1.29 is 13.2 Å². The fraction of sp³-hybridized carbons (Fsp3) is 0.364. The number of hydrogen-bond acceptors (Lipinski definition) is 4. The van der Waals surface area contributed by atoms with E-state index in [-0.39, 0.29) is 28.9 Å². The first-order valence-corrected chi connectivity index (χ1v) is 12.3. The molecule has 1 aliphatic carbocycles. The van der Waals surface area contributed by atoms with Crippen LogP contribution in [0.3, 0.4) is 0 Å². The molecule has 2 fully saturated rings. The van der Waals surface area contributed by atoms with Crippen molar-refractivity contribution in [2.75, 3.05) is 16.4 Å². The van der Waals surface area contributed by atoms with Gasteiger partial charge >= 0.3 is 0 Å². The monoisotopic (exact) mass is 441 g/mol. The number of sulfone groups is 1. The van der Waals surface area contributed by atoms with Gasteiger partial charge in [0.2, 0.25) is 5.91 Å². The smallest absolute Gasteiger partial charge is 0.238 e. The van der Waals surface area contributed by atoms with Crippen LogP contribution in [0, 0.1) is 0 Å². The lowest BCUT2D eigenvalue weighted by atomic mass is 9.99. The summed E-state index contributed by atoms with van der Waals surface area (Å²) in [6.45, 7) is 0.391. The Labute approximate surface area is 179 Å². The average molecular weight is 442 g/mol. The summed E-state index contributed by atoms with van der Waals surface area (Å²) in [5, 5.41) is 1.59. The number of amides is 1. The highest BCUT2D eigenvalue weighted by Crippen LogP contribution is 2.57. The number of pyridine rings is 1. The lowest BCUT2D eigenvalue weighted by Crippen LogP contribution is -2.32. The quantitative estimate of drug-likeness (QED) is 0.622. The lowest BCUT2D eigenvalue weighted by Gasteiger charge is -2.22. The standard InChI is InChI=1S/C22H20ClN3O3S/c23-15-1-2-19-14(9-15)10-17(26(19)16-4-8-30(28,29)13-16)12-25-20-11-24-7-3-18(20)22(5-6-22)21(25)27/h1-3,7,9-11,16H,4-6,8,12-13H2. The molecular formula is C22H20ClN3O3S. The molecule has 0 N–H and O–H groups in total. The summed E-state index contributed by atoms with van der Waals surface area (Å²) < 4.78 is 26.5. The van der Waals surface area contributed by atoms with Gasteiger partial charge in [0.25, 0.3) is 0 Å². The average Bonchev–Trinajstić information content (AvgIpc) is 3.27. The van der Waals surface area contributed by atoms with Crippen LogP contribution in [0.2, 0.25) is 5.02 Å². The molecule has 6 nitrogen and oxygen atoms in total. The van der Waals surface area contributed by atoms with Gasteiger partial charge in [-0.15, -0.1) is 0 Å². The van der Waals surface area contributed by atoms with Crippen LogP contribution >= 0.6 is 11.6 Å². The molecule has 1 amide bonds. The molecule has 30 heavy (non-hydrogen) atoms. The van der Waals surface area contributed by atoms with E-state index in [0.29, 0.717) is 18.0 Å². The van der Waals surface area contributed by atoms with Crippen molar-refractivity contribution in [2.45, 2.75) is 37.3 Å². The molecule has 6 rings (SSSR count). The molecule has 4 heterocycles. The number of carbonyl (C=O) groups is 1. The van der Waals surface area contributed by atoms with Crippen LogP contribution in [-0.4, -0.2) is 35.4 Å². The molecule has 3 aromatic rings. The van der Waals surface area contributed by atoms with E-state index < -0.39 is 9.84 Å². The van der Waals surface area contributed by atoms with E-state index in [9.17, 15) is 13.2 Å². The highest BCUT2D eigenvalue weighted by atomic mass is 35.5. The molecule has 2 aliphatic heterocycles. The topological polar surface area (TPSA) is 72.3 Å². The summed E-state index contributed by atoms with van der Waals surface area (Å²) >= 11 is 6.21. The van der Waals surface area contributed by atoms with Crippen molar-refractivity contribution >= 4 is 43.9 Å². The van der Waals surface area contributed by atoms with Gasteiger partial charge in [0.15, 0.2) is 9.84 Å². The van der Waals surface area contributed by atoms with Gasteiger partial charge < -0.3 is 9.47 Å². The first-order valence-electron chi connectivity index (χ1n) is 10.1. The number of nitrogens with zero attached hydrogens (tertiary/aromatic N) is 3. The zero-order valence-corrected chi connectivity index (χ0v) is 17.8. The van der Waals surface area contributed by atoms with E-state index in [1.807, 2.05) is 35.2 Å². The molecule has 1 spiro atoms. The molecule has 3 aliphatic rings. The fourth-order valence-corrected chi connectivity index (χ4v) is 7.09. The molecule has 154 valence electrons. The van der Waals surface area contributed by atoms with Crippen LogP contribution in [-0.2, 0) is 26.6 Å². The Balaban J connectivity index is 1.47. The SMILES string of the molecule is O=C1N(Cc2cc3cc(Cl)ccc3n2C2CCS(=O)(=O)C2)c2cnccc2C12CC2. The predicted molar refractivity (Wildman–Crippen MR) is 116 cm³/mol. The van der Waals surface area contributed by atoms with Crippen LogP contribution < -0.4 is 4.90 Å². The van der Waals surface area contributed by atoms with Gasteiger partial charge in [0.1, 0.15) is 0 Å². The number of rotatable bonds is 3. The van der Waals surface area contributed by atoms with Crippen molar-refractivity contribution in [2.24, 2.45) is 0 Å². The second-order valence-corrected chi connectivity index (χ2v) is 11.3. The summed E-state index contributed by atoms with van der Waals surface area (Å²) in [7, 11) is -3.05. The Morgan fingerprint density at radius 3 is 2.77 bits per heavy atom. The number of carbonyl (C=O) groups excluding carboxylic acids is 1. The second kappa shape index (κ2) is 6.08. The third kappa shape index (κ3) is 2.58. The minimum Gasteiger partial charge on any atom is -0.339 e. The summed E-state index contributed by atoms with van der Waals surface area (Å²) in [5.41, 5.74) is 3.44. The van der Waals surface area contributed by atoms with E-state index in [1.165, 1.54) is 0 Å². The Kier molecular flexibility index (Phi) is 3.73. The molecular weight excluding hydrogens is 422 g/mol. The Morgan fingerprint density at radius 1 is 1.20 bits per heavy atom. The number of anilines is 1. The molecule has 1 unspecified atom stereocenters. The maximum atomic E-state index is 13.3. The second-order valence-electron chi connectivity index (χ2n) is 8.63. The van der Waals surface area contributed by atoms with Crippen LogP contribution in [0.5, 0.6) is 0 Å². The molecule has 1 saturated heterocycles. The zero-order valence-electron chi connectivity index (χ0n) is 16.2. The normalized spacial score (nSPS) is 23.4. The first kappa shape index (κ1) is 18.4. The molecule has 2 aromatic heterocycles. The van der Waals surface area contributed by atoms with Gasteiger partial charge in [-0.3, -0.25) is 9.78 Å². The van der Waals surface area contributed by atoms with Crippen molar-refractivity contribution in [3.8, 4) is 0 Å².